The fourth-order valence-electron chi connectivity index (χ4n) is 3.58. The summed E-state index contributed by atoms with van der Waals surface area (Å²) in [5, 5.41) is 11.1. The van der Waals surface area contributed by atoms with Gasteiger partial charge < -0.3 is 14.4 Å². The maximum atomic E-state index is 12.9. The van der Waals surface area contributed by atoms with Crippen molar-refractivity contribution in [3.05, 3.63) is 64.5 Å². The van der Waals surface area contributed by atoms with Crippen LogP contribution in [0.2, 0.25) is 0 Å². The van der Waals surface area contributed by atoms with E-state index in [2.05, 4.69) is 4.90 Å². The predicted octanol–water partition coefficient (Wildman–Crippen LogP) is 2.84. The summed E-state index contributed by atoms with van der Waals surface area (Å²) in [4.78, 5) is 14.7. The van der Waals surface area contributed by atoms with Gasteiger partial charge in [-0.1, -0.05) is 18.2 Å². The van der Waals surface area contributed by atoms with Gasteiger partial charge in [0, 0.05) is 35.8 Å². The number of aliphatic hydroxyl groups is 1. The van der Waals surface area contributed by atoms with E-state index in [1.807, 2.05) is 19.9 Å². The highest BCUT2D eigenvalue weighted by Crippen LogP contribution is 2.40. The van der Waals surface area contributed by atoms with Crippen molar-refractivity contribution in [2.75, 3.05) is 22.3 Å². The van der Waals surface area contributed by atoms with E-state index in [9.17, 15) is 18.3 Å². The maximum absolute atomic E-state index is 12.9. The third kappa shape index (κ3) is 2.68. The lowest BCUT2D eigenvalue weighted by molar-refractivity contribution is 0.192. The molecule has 3 aromatic rings. The molecule has 2 heterocycles. The van der Waals surface area contributed by atoms with Crippen LogP contribution in [0, 0.1) is 0 Å². The lowest BCUT2D eigenvalue weighted by Crippen LogP contribution is -2.31. The zero-order chi connectivity index (χ0) is 20.1. The van der Waals surface area contributed by atoms with Crippen molar-refractivity contribution in [1.29, 1.82) is 0 Å². The monoisotopic (exact) mass is 400 g/mol. The van der Waals surface area contributed by atoms with Crippen LogP contribution in [0.25, 0.3) is 11.0 Å². The molecule has 1 N–H and O–H groups in total. The number of aliphatic hydroxyl groups excluding tert-OH is 1. The Morgan fingerprint density at radius 3 is 2.50 bits per heavy atom. The Morgan fingerprint density at radius 1 is 1.11 bits per heavy atom. The Morgan fingerprint density at radius 2 is 1.82 bits per heavy atom. The maximum Gasteiger partial charge on any atom is 0.361 e. The van der Waals surface area contributed by atoms with Crippen LogP contribution in [0.1, 0.15) is 25.6 Å². The smallest absolute Gasteiger partial charge is 0.361 e. The van der Waals surface area contributed by atoms with Crippen molar-refractivity contribution in [3.8, 4) is 0 Å². The molecule has 4 rings (SSSR count). The molecular formula is C20H20N2O5S. The topological polar surface area (TPSA) is 91.1 Å². The molecule has 146 valence electrons. The van der Waals surface area contributed by atoms with Gasteiger partial charge in [0.05, 0.1) is 4.90 Å². The molecule has 0 saturated heterocycles. The number of sulfonamides is 1. The summed E-state index contributed by atoms with van der Waals surface area (Å²) in [5.41, 5.74) is 0.474. The first-order valence-corrected chi connectivity index (χ1v) is 10.5. The van der Waals surface area contributed by atoms with Gasteiger partial charge in [-0.3, -0.25) is 0 Å². The minimum absolute atomic E-state index is 0.0149. The van der Waals surface area contributed by atoms with Crippen LogP contribution in [-0.2, 0) is 10.0 Å². The summed E-state index contributed by atoms with van der Waals surface area (Å²) in [6, 6.07) is 13.0. The molecule has 0 spiro atoms. The van der Waals surface area contributed by atoms with Crippen LogP contribution in [0.4, 0.5) is 11.4 Å². The van der Waals surface area contributed by atoms with Crippen LogP contribution in [0.3, 0.4) is 0 Å². The van der Waals surface area contributed by atoms with Crippen LogP contribution >= 0.6 is 0 Å². The lowest BCUT2D eigenvalue weighted by Gasteiger charge is -2.22. The lowest BCUT2D eigenvalue weighted by atomic mass is 10.1. The Balaban J connectivity index is 1.86. The Kier molecular flexibility index (Phi) is 4.40. The van der Waals surface area contributed by atoms with E-state index in [0.29, 0.717) is 11.0 Å². The molecule has 8 heteroatoms. The van der Waals surface area contributed by atoms with E-state index >= 15 is 0 Å². The molecule has 0 amide bonds. The molecule has 0 fully saturated rings. The van der Waals surface area contributed by atoms with Gasteiger partial charge in [-0.05, 0) is 38.1 Å². The van der Waals surface area contributed by atoms with Crippen molar-refractivity contribution < 1.29 is 17.9 Å². The van der Waals surface area contributed by atoms with Gasteiger partial charge in [0.15, 0.2) is 6.23 Å². The highest BCUT2D eigenvalue weighted by atomic mass is 32.2. The molecule has 0 saturated carbocycles. The molecule has 1 atom stereocenters. The highest BCUT2D eigenvalue weighted by molar-refractivity contribution is 7.93. The molecule has 28 heavy (non-hydrogen) atoms. The number of benzene rings is 2. The van der Waals surface area contributed by atoms with Crippen molar-refractivity contribution >= 4 is 32.4 Å². The number of anilines is 2. The van der Waals surface area contributed by atoms with Gasteiger partial charge in [-0.15, -0.1) is 0 Å². The van der Waals surface area contributed by atoms with Gasteiger partial charge in [-0.25, -0.2) is 17.5 Å². The van der Waals surface area contributed by atoms with Crippen LogP contribution in [0.15, 0.2) is 62.6 Å². The van der Waals surface area contributed by atoms with E-state index in [1.165, 1.54) is 18.2 Å². The van der Waals surface area contributed by atoms with Crippen molar-refractivity contribution in [1.82, 2.24) is 0 Å². The van der Waals surface area contributed by atoms with Gasteiger partial charge in [0.2, 0.25) is 0 Å². The minimum Gasteiger partial charge on any atom is -0.421 e. The Labute approximate surface area is 162 Å². The largest absolute Gasteiger partial charge is 0.421 e. The molecule has 0 bridgehead atoms. The van der Waals surface area contributed by atoms with Gasteiger partial charge in [0.25, 0.3) is 10.0 Å². The first-order chi connectivity index (χ1) is 13.4. The van der Waals surface area contributed by atoms with Crippen LogP contribution < -0.4 is 14.8 Å². The molecule has 7 nitrogen and oxygen atoms in total. The van der Waals surface area contributed by atoms with E-state index in [-0.39, 0.29) is 16.1 Å². The van der Waals surface area contributed by atoms with E-state index in [0.717, 1.165) is 23.1 Å². The van der Waals surface area contributed by atoms with Gasteiger partial charge >= 0.3 is 5.63 Å². The average Bonchev–Trinajstić information content (AvgIpc) is 2.88. The van der Waals surface area contributed by atoms with Gasteiger partial charge in [-0.2, -0.15) is 0 Å². The number of hydrogen-bond acceptors (Lipinski definition) is 6. The Bertz CT molecular complexity index is 1210. The third-order valence-electron chi connectivity index (χ3n) is 5.02. The molecule has 2 aromatic carbocycles. The zero-order valence-electron chi connectivity index (χ0n) is 15.5. The molecule has 1 aliphatic rings. The minimum atomic E-state index is -4.05. The number of hydrogen-bond donors (Lipinski definition) is 1. The number of rotatable bonds is 4. The highest BCUT2D eigenvalue weighted by Gasteiger charge is 2.43. The average molecular weight is 400 g/mol. The standard InChI is InChI=1S/C20H20N2O5S/c1-3-21(4-2)14-10-9-13-11-16(20(24)27-17(13)12-14)22-19(23)15-7-5-6-8-18(15)28(22,25)26/h5-12,19,23H,3-4H2,1-2H3/t19-/m1/s1. The fraction of sp³-hybridized carbons (Fsp3) is 0.250. The number of nitrogens with zero attached hydrogens (tertiary/aromatic N) is 2. The third-order valence-corrected chi connectivity index (χ3v) is 6.87. The molecule has 1 aromatic heterocycles. The molecule has 0 aliphatic carbocycles. The normalized spacial score (nSPS) is 17.7. The van der Waals surface area contributed by atoms with E-state index in [4.69, 9.17) is 4.42 Å². The van der Waals surface area contributed by atoms with E-state index in [1.54, 1.807) is 24.3 Å². The SMILES string of the molecule is CCN(CC)c1ccc2cc(N3[C@H](O)c4ccccc4S3(=O)=O)c(=O)oc2c1. The van der Waals surface area contributed by atoms with Crippen LogP contribution in [0.5, 0.6) is 0 Å². The van der Waals surface area contributed by atoms with E-state index < -0.39 is 21.9 Å². The van der Waals surface area contributed by atoms with Crippen LogP contribution in [-0.4, -0.2) is 26.6 Å². The van der Waals surface area contributed by atoms with Crippen molar-refractivity contribution in [2.45, 2.75) is 25.0 Å². The fourth-order valence-corrected chi connectivity index (χ4v) is 5.28. The van der Waals surface area contributed by atoms with Crippen molar-refractivity contribution in [2.24, 2.45) is 0 Å². The Hall–Kier alpha value is -2.84. The first kappa shape index (κ1) is 18.5. The summed E-state index contributed by atoms with van der Waals surface area (Å²) in [6.45, 7) is 5.68. The molecular weight excluding hydrogens is 380 g/mol. The summed E-state index contributed by atoms with van der Waals surface area (Å²) in [5.74, 6) is 0. The molecule has 0 unspecified atom stereocenters. The molecule has 1 aliphatic heterocycles. The summed E-state index contributed by atoms with van der Waals surface area (Å²) in [7, 11) is -4.05. The predicted molar refractivity (Wildman–Crippen MR) is 107 cm³/mol. The van der Waals surface area contributed by atoms with Gasteiger partial charge in [0.1, 0.15) is 11.3 Å². The second kappa shape index (κ2) is 6.65. The zero-order valence-corrected chi connectivity index (χ0v) is 16.3. The second-order valence-corrected chi connectivity index (χ2v) is 8.31. The molecule has 0 radical (unpaired) electrons. The number of fused-ring (bicyclic) bond motifs is 2. The quantitative estimate of drug-likeness (QED) is 0.677. The summed E-state index contributed by atoms with van der Waals surface area (Å²) < 4.78 is 31.9. The second-order valence-electron chi connectivity index (χ2n) is 6.53. The van der Waals surface area contributed by atoms with Crippen molar-refractivity contribution in [3.63, 3.8) is 0 Å². The summed E-state index contributed by atoms with van der Waals surface area (Å²) in [6.07, 6.45) is -1.48. The first-order valence-electron chi connectivity index (χ1n) is 9.02. The summed E-state index contributed by atoms with van der Waals surface area (Å²) >= 11 is 0.